The summed E-state index contributed by atoms with van der Waals surface area (Å²) in [5, 5.41) is 14.1. The van der Waals surface area contributed by atoms with Crippen LogP contribution >= 0.6 is 0 Å². The van der Waals surface area contributed by atoms with E-state index in [9.17, 15) is 10.1 Å². The maximum Gasteiger partial charge on any atom is 0.407 e. The molecule has 22 heavy (non-hydrogen) atoms. The van der Waals surface area contributed by atoms with E-state index in [1.165, 1.54) is 0 Å². The van der Waals surface area contributed by atoms with Gasteiger partial charge in [0.2, 0.25) is 0 Å². The van der Waals surface area contributed by atoms with Crippen LogP contribution in [0.1, 0.15) is 31.9 Å². The molecular weight excluding hydrogens is 276 g/mol. The van der Waals surface area contributed by atoms with Gasteiger partial charge in [0, 0.05) is 6.54 Å². The molecule has 0 spiro atoms. The first-order valence-corrected chi connectivity index (χ1v) is 7.28. The second kappa shape index (κ2) is 6.48. The molecule has 2 rings (SSSR count). The van der Waals surface area contributed by atoms with E-state index >= 15 is 0 Å². The van der Waals surface area contributed by atoms with E-state index in [0.29, 0.717) is 18.5 Å². The van der Waals surface area contributed by atoms with Gasteiger partial charge < -0.3 is 10.1 Å². The Labute approximate surface area is 130 Å². The minimum Gasteiger partial charge on any atom is -0.444 e. The fraction of sp³-hybridized carbons (Fsp3) is 0.333. The summed E-state index contributed by atoms with van der Waals surface area (Å²) in [6.07, 6.45) is 0.152. The lowest BCUT2D eigenvalue weighted by molar-refractivity contribution is 0.0528. The second-order valence-electron chi connectivity index (χ2n) is 6.11. The zero-order valence-electron chi connectivity index (χ0n) is 13.1. The molecule has 0 unspecified atom stereocenters. The first-order valence-electron chi connectivity index (χ1n) is 7.28. The molecule has 4 nitrogen and oxygen atoms in total. The minimum atomic E-state index is -0.509. The predicted octanol–water partition coefficient (Wildman–Crippen LogP) is 3.78. The summed E-state index contributed by atoms with van der Waals surface area (Å²) >= 11 is 0. The molecule has 2 aromatic rings. The zero-order chi connectivity index (χ0) is 16.2. The van der Waals surface area contributed by atoms with Crippen molar-refractivity contribution >= 4 is 16.9 Å². The van der Waals surface area contributed by atoms with Crippen LogP contribution in [0.15, 0.2) is 36.4 Å². The van der Waals surface area contributed by atoms with Gasteiger partial charge in [0.25, 0.3) is 0 Å². The quantitative estimate of drug-likeness (QED) is 0.937. The van der Waals surface area contributed by atoms with E-state index in [1.807, 2.05) is 57.2 Å². The molecule has 0 heterocycles. The number of fused-ring (bicyclic) bond motifs is 1. The number of nitrogens with zero attached hydrogens (tertiary/aromatic N) is 1. The maximum atomic E-state index is 11.6. The average Bonchev–Trinajstić information content (AvgIpc) is 2.45. The molecule has 0 saturated heterocycles. The normalized spacial score (nSPS) is 11.0. The highest BCUT2D eigenvalue weighted by molar-refractivity contribution is 5.89. The molecule has 2 aromatic carbocycles. The van der Waals surface area contributed by atoms with Crippen molar-refractivity contribution in [2.75, 3.05) is 6.54 Å². The van der Waals surface area contributed by atoms with Gasteiger partial charge in [-0.15, -0.1) is 0 Å². The van der Waals surface area contributed by atoms with Gasteiger partial charge in [-0.25, -0.2) is 4.79 Å². The fourth-order valence-corrected chi connectivity index (χ4v) is 2.27. The highest BCUT2D eigenvalue weighted by Crippen LogP contribution is 2.22. The lowest BCUT2D eigenvalue weighted by Gasteiger charge is -2.19. The molecular formula is C18H20N2O2. The van der Waals surface area contributed by atoms with Crippen LogP contribution in [0.5, 0.6) is 0 Å². The van der Waals surface area contributed by atoms with Gasteiger partial charge in [-0.1, -0.05) is 36.4 Å². The topological polar surface area (TPSA) is 62.1 Å². The molecule has 0 atom stereocenters. The molecule has 0 aliphatic rings. The average molecular weight is 296 g/mol. The maximum absolute atomic E-state index is 11.6. The highest BCUT2D eigenvalue weighted by atomic mass is 16.6. The van der Waals surface area contributed by atoms with E-state index < -0.39 is 11.7 Å². The van der Waals surface area contributed by atoms with Crippen LogP contribution in [0.4, 0.5) is 4.79 Å². The van der Waals surface area contributed by atoms with Crippen molar-refractivity contribution in [1.29, 1.82) is 5.26 Å². The summed E-state index contributed by atoms with van der Waals surface area (Å²) in [4.78, 5) is 11.6. The molecule has 0 bridgehead atoms. The van der Waals surface area contributed by atoms with Crippen LogP contribution in [-0.2, 0) is 11.2 Å². The Morgan fingerprint density at radius 2 is 1.95 bits per heavy atom. The summed E-state index contributed by atoms with van der Waals surface area (Å²) in [7, 11) is 0. The molecule has 0 fully saturated rings. The number of hydrogen-bond acceptors (Lipinski definition) is 3. The Hall–Kier alpha value is -2.54. The standard InChI is InChI=1S/C18H20N2O2/c1-18(2,3)22-17(21)20-11-10-14-9-8-13-6-4-5-7-15(13)16(14)12-19/h4-9H,10-11H2,1-3H3,(H,20,21). The number of ether oxygens (including phenoxy) is 1. The summed E-state index contributed by atoms with van der Waals surface area (Å²) in [5.74, 6) is 0. The number of nitrogens with one attached hydrogen (secondary N) is 1. The number of carbonyl (C=O) groups is 1. The van der Waals surface area contributed by atoms with Crippen LogP contribution in [-0.4, -0.2) is 18.2 Å². The van der Waals surface area contributed by atoms with Crippen molar-refractivity contribution in [3.05, 3.63) is 47.5 Å². The summed E-state index contributed by atoms with van der Waals surface area (Å²) in [6.45, 7) is 5.90. The Balaban J connectivity index is 2.06. The first-order chi connectivity index (χ1) is 10.4. The smallest absolute Gasteiger partial charge is 0.407 e. The molecule has 0 radical (unpaired) electrons. The molecule has 114 valence electrons. The van der Waals surface area contributed by atoms with Crippen molar-refractivity contribution in [3.63, 3.8) is 0 Å². The molecule has 1 amide bonds. The summed E-state index contributed by atoms with van der Waals surface area (Å²) in [5.41, 5.74) is 1.09. The first kappa shape index (κ1) is 15.8. The van der Waals surface area contributed by atoms with Gasteiger partial charge in [-0.2, -0.15) is 5.26 Å². The van der Waals surface area contributed by atoms with Crippen molar-refractivity contribution in [2.24, 2.45) is 0 Å². The van der Waals surface area contributed by atoms with Crippen LogP contribution in [0.3, 0.4) is 0 Å². The monoisotopic (exact) mass is 296 g/mol. The van der Waals surface area contributed by atoms with Crippen LogP contribution in [0.2, 0.25) is 0 Å². The van der Waals surface area contributed by atoms with E-state index in [2.05, 4.69) is 11.4 Å². The molecule has 0 aromatic heterocycles. The third-order valence-corrected chi connectivity index (χ3v) is 3.19. The lowest BCUT2D eigenvalue weighted by Crippen LogP contribution is -2.33. The Bertz CT molecular complexity index is 724. The second-order valence-corrected chi connectivity index (χ2v) is 6.11. The molecule has 0 aliphatic heterocycles. The van der Waals surface area contributed by atoms with E-state index in [-0.39, 0.29) is 0 Å². The van der Waals surface area contributed by atoms with Crippen LogP contribution < -0.4 is 5.32 Å². The third kappa shape index (κ3) is 3.98. The largest absolute Gasteiger partial charge is 0.444 e. The lowest BCUT2D eigenvalue weighted by atomic mass is 9.98. The van der Waals surface area contributed by atoms with Crippen molar-refractivity contribution in [1.82, 2.24) is 5.32 Å². The number of amides is 1. The van der Waals surface area contributed by atoms with E-state index in [4.69, 9.17) is 4.74 Å². The number of benzene rings is 2. The van der Waals surface area contributed by atoms with Gasteiger partial charge in [-0.3, -0.25) is 0 Å². The van der Waals surface area contributed by atoms with Crippen molar-refractivity contribution in [3.8, 4) is 6.07 Å². The fourth-order valence-electron chi connectivity index (χ4n) is 2.27. The van der Waals surface area contributed by atoms with E-state index in [0.717, 1.165) is 16.3 Å². The van der Waals surface area contributed by atoms with Gasteiger partial charge in [0.1, 0.15) is 11.7 Å². The van der Waals surface area contributed by atoms with Crippen LogP contribution in [0.25, 0.3) is 10.8 Å². The van der Waals surface area contributed by atoms with Gasteiger partial charge >= 0.3 is 6.09 Å². The zero-order valence-corrected chi connectivity index (χ0v) is 13.1. The number of rotatable bonds is 3. The van der Waals surface area contributed by atoms with Gasteiger partial charge in [0.05, 0.1) is 5.56 Å². The third-order valence-electron chi connectivity index (χ3n) is 3.19. The number of nitriles is 1. The molecule has 1 N–H and O–H groups in total. The minimum absolute atomic E-state index is 0.432. The van der Waals surface area contributed by atoms with Crippen molar-refractivity contribution in [2.45, 2.75) is 32.8 Å². The van der Waals surface area contributed by atoms with E-state index in [1.54, 1.807) is 0 Å². The number of carbonyl (C=O) groups excluding carboxylic acids is 1. The number of alkyl carbamates (subject to hydrolysis) is 1. The van der Waals surface area contributed by atoms with Gasteiger partial charge in [-0.05, 0) is 43.5 Å². The molecule has 4 heteroatoms. The highest BCUT2D eigenvalue weighted by Gasteiger charge is 2.15. The Morgan fingerprint density at radius 1 is 1.23 bits per heavy atom. The summed E-state index contributed by atoms with van der Waals surface area (Å²) < 4.78 is 5.19. The van der Waals surface area contributed by atoms with Gasteiger partial charge in [0.15, 0.2) is 0 Å². The predicted molar refractivity (Wildman–Crippen MR) is 86.6 cm³/mol. The Morgan fingerprint density at radius 3 is 2.64 bits per heavy atom. The Kier molecular flexibility index (Phi) is 4.67. The molecule has 0 aliphatic carbocycles. The van der Waals surface area contributed by atoms with Crippen LogP contribution in [0, 0.1) is 11.3 Å². The summed E-state index contributed by atoms with van der Waals surface area (Å²) in [6, 6.07) is 14.0. The number of hydrogen-bond donors (Lipinski definition) is 1. The SMILES string of the molecule is CC(C)(C)OC(=O)NCCc1ccc2ccccc2c1C#N. The molecule has 0 saturated carbocycles. The van der Waals surface area contributed by atoms with Crippen molar-refractivity contribution < 1.29 is 9.53 Å².